The highest BCUT2D eigenvalue weighted by Gasteiger charge is 2.17. The molecule has 0 aliphatic heterocycles. The van der Waals surface area contributed by atoms with Crippen LogP contribution in [0.4, 0.5) is 4.39 Å². The predicted molar refractivity (Wildman–Crippen MR) is 65.4 cm³/mol. The Bertz CT molecular complexity index is 516. The summed E-state index contributed by atoms with van der Waals surface area (Å²) in [7, 11) is 0. The number of furan rings is 1. The summed E-state index contributed by atoms with van der Waals surface area (Å²) in [4.78, 5) is 0. The topological polar surface area (TPSA) is 33.4 Å². The van der Waals surface area contributed by atoms with Crippen LogP contribution in [0.25, 0.3) is 11.0 Å². The molecule has 1 unspecified atom stereocenters. The molecule has 1 N–H and O–H groups in total. The Morgan fingerprint density at radius 3 is 2.88 bits per heavy atom. The summed E-state index contributed by atoms with van der Waals surface area (Å²) in [5.74, 6) is 0.287. The molecule has 0 spiro atoms. The van der Waals surface area contributed by atoms with E-state index in [0.29, 0.717) is 17.8 Å². The number of aliphatic hydroxyl groups excluding tert-OH is 1. The molecule has 0 fully saturated rings. The highest BCUT2D eigenvalue weighted by Crippen LogP contribution is 2.31. The van der Waals surface area contributed by atoms with Gasteiger partial charge in [-0.25, -0.2) is 4.39 Å². The van der Waals surface area contributed by atoms with E-state index in [4.69, 9.17) is 4.42 Å². The van der Waals surface area contributed by atoms with Gasteiger partial charge < -0.3 is 9.52 Å². The van der Waals surface area contributed by atoms with Crippen molar-refractivity contribution >= 4 is 11.0 Å². The zero-order valence-corrected chi connectivity index (χ0v) is 10.2. The van der Waals surface area contributed by atoms with Crippen LogP contribution in [0.15, 0.2) is 22.6 Å². The zero-order valence-electron chi connectivity index (χ0n) is 10.2. The van der Waals surface area contributed by atoms with Gasteiger partial charge in [0.2, 0.25) is 0 Å². The average molecular weight is 236 g/mol. The lowest BCUT2D eigenvalue weighted by atomic mass is 10.1. The molecule has 2 rings (SSSR count). The van der Waals surface area contributed by atoms with Crippen LogP contribution in [-0.2, 0) is 0 Å². The van der Waals surface area contributed by atoms with Gasteiger partial charge in [0, 0.05) is 10.9 Å². The van der Waals surface area contributed by atoms with Crippen molar-refractivity contribution in [3.63, 3.8) is 0 Å². The van der Waals surface area contributed by atoms with Crippen LogP contribution < -0.4 is 0 Å². The van der Waals surface area contributed by atoms with E-state index in [9.17, 15) is 9.50 Å². The molecule has 17 heavy (non-hydrogen) atoms. The molecule has 92 valence electrons. The summed E-state index contributed by atoms with van der Waals surface area (Å²) in [6, 6.07) is 4.42. The number of fused-ring (bicyclic) bond motifs is 1. The normalized spacial score (nSPS) is 13.2. The third-order valence-electron chi connectivity index (χ3n) is 3.07. The van der Waals surface area contributed by atoms with Crippen LogP contribution in [0.5, 0.6) is 0 Å². The van der Waals surface area contributed by atoms with Crippen molar-refractivity contribution in [3.8, 4) is 0 Å². The Morgan fingerprint density at radius 2 is 2.18 bits per heavy atom. The molecule has 2 aromatic rings. The molecule has 2 nitrogen and oxygen atoms in total. The number of unbranched alkanes of at least 4 members (excludes halogenated alkanes) is 1. The number of halogens is 1. The third-order valence-corrected chi connectivity index (χ3v) is 3.07. The summed E-state index contributed by atoms with van der Waals surface area (Å²) < 4.78 is 18.7. The van der Waals surface area contributed by atoms with Crippen LogP contribution in [0, 0.1) is 12.7 Å². The van der Waals surface area contributed by atoms with Crippen LogP contribution in [0.1, 0.15) is 43.6 Å². The SMILES string of the molecule is CCCCC(O)c1oc2ccc(F)cc2c1C. The molecule has 0 radical (unpaired) electrons. The summed E-state index contributed by atoms with van der Waals surface area (Å²) in [6.45, 7) is 3.93. The summed E-state index contributed by atoms with van der Waals surface area (Å²) >= 11 is 0. The number of benzene rings is 1. The van der Waals surface area contributed by atoms with Crippen molar-refractivity contribution in [2.24, 2.45) is 0 Å². The van der Waals surface area contributed by atoms with E-state index >= 15 is 0 Å². The maximum Gasteiger partial charge on any atom is 0.136 e. The zero-order chi connectivity index (χ0) is 12.4. The number of rotatable bonds is 4. The van der Waals surface area contributed by atoms with E-state index < -0.39 is 6.10 Å². The second-order valence-corrected chi connectivity index (χ2v) is 4.39. The lowest BCUT2D eigenvalue weighted by Crippen LogP contribution is -1.97. The van der Waals surface area contributed by atoms with E-state index in [1.54, 1.807) is 6.07 Å². The second kappa shape index (κ2) is 4.88. The summed E-state index contributed by atoms with van der Waals surface area (Å²) in [6.07, 6.45) is 2.07. The van der Waals surface area contributed by atoms with Crippen molar-refractivity contribution < 1.29 is 13.9 Å². The highest BCUT2D eigenvalue weighted by atomic mass is 19.1. The fraction of sp³-hybridized carbons (Fsp3) is 0.429. The third kappa shape index (κ3) is 2.34. The lowest BCUT2D eigenvalue weighted by molar-refractivity contribution is 0.139. The number of hydrogen-bond donors (Lipinski definition) is 1. The fourth-order valence-corrected chi connectivity index (χ4v) is 2.06. The van der Waals surface area contributed by atoms with Gasteiger partial charge in [0.05, 0.1) is 0 Å². The molecule has 0 saturated carbocycles. The van der Waals surface area contributed by atoms with Gasteiger partial charge in [-0.2, -0.15) is 0 Å². The molecular formula is C14H17FO2. The predicted octanol–water partition coefficient (Wildman–Crippen LogP) is 4.10. The van der Waals surface area contributed by atoms with Gasteiger partial charge >= 0.3 is 0 Å². The van der Waals surface area contributed by atoms with Crippen LogP contribution in [-0.4, -0.2) is 5.11 Å². The smallest absolute Gasteiger partial charge is 0.136 e. The summed E-state index contributed by atoms with van der Waals surface area (Å²) in [5, 5.41) is 10.8. The quantitative estimate of drug-likeness (QED) is 0.866. The molecule has 1 atom stereocenters. The number of hydrogen-bond acceptors (Lipinski definition) is 2. The van der Waals surface area contributed by atoms with Crippen molar-refractivity contribution in [2.75, 3.05) is 0 Å². The van der Waals surface area contributed by atoms with Crippen molar-refractivity contribution in [2.45, 2.75) is 39.2 Å². The molecule has 1 aromatic heterocycles. The molecule has 0 amide bonds. The van der Waals surface area contributed by atoms with Gasteiger partial charge in [-0.15, -0.1) is 0 Å². The Balaban J connectivity index is 2.38. The standard InChI is InChI=1S/C14H17FO2/c1-3-4-5-12(16)14-9(2)11-8-10(15)6-7-13(11)17-14/h6-8,12,16H,3-5H2,1-2H3. The minimum Gasteiger partial charge on any atom is -0.458 e. The average Bonchev–Trinajstić information content (AvgIpc) is 2.64. The van der Waals surface area contributed by atoms with Gasteiger partial charge in [-0.1, -0.05) is 19.8 Å². The van der Waals surface area contributed by atoms with Gasteiger partial charge in [0.15, 0.2) is 0 Å². The maximum atomic E-state index is 13.1. The first-order chi connectivity index (χ1) is 8.13. The van der Waals surface area contributed by atoms with E-state index in [1.807, 2.05) is 6.92 Å². The monoisotopic (exact) mass is 236 g/mol. The Morgan fingerprint density at radius 1 is 1.41 bits per heavy atom. The molecule has 0 bridgehead atoms. The largest absolute Gasteiger partial charge is 0.458 e. The van der Waals surface area contributed by atoms with Crippen molar-refractivity contribution in [1.29, 1.82) is 0 Å². The minimum atomic E-state index is -0.592. The number of aryl methyl sites for hydroxylation is 1. The van der Waals surface area contributed by atoms with Crippen molar-refractivity contribution in [3.05, 3.63) is 35.3 Å². The molecule has 1 aromatic carbocycles. The Kier molecular flexibility index (Phi) is 3.48. The second-order valence-electron chi connectivity index (χ2n) is 4.39. The van der Waals surface area contributed by atoms with Gasteiger partial charge in [-0.05, 0) is 31.5 Å². The molecule has 0 saturated heterocycles. The van der Waals surface area contributed by atoms with E-state index in [2.05, 4.69) is 6.92 Å². The highest BCUT2D eigenvalue weighted by molar-refractivity contribution is 5.82. The maximum absolute atomic E-state index is 13.1. The molecule has 3 heteroatoms. The lowest BCUT2D eigenvalue weighted by Gasteiger charge is -2.07. The Hall–Kier alpha value is -1.35. The summed E-state index contributed by atoms with van der Waals surface area (Å²) in [5.41, 5.74) is 1.47. The molecular weight excluding hydrogens is 219 g/mol. The molecule has 0 aliphatic rings. The number of aliphatic hydroxyl groups is 1. The first-order valence-electron chi connectivity index (χ1n) is 6.00. The minimum absolute atomic E-state index is 0.281. The fourth-order valence-electron chi connectivity index (χ4n) is 2.06. The van der Waals surface area contributed by atoms with E-state index in [1.165, 1.54) is 12.1 Å². The molecule has 1 heterocycles. The van der Waals surface area contributed by atoms with Crippen LogP contribution >= 0.6 is 0 Å². The Labute approximate surface area is 100 Å². The van der Waals surface area contributed by atoms with Crippen molar-refractivity contribution in [1.82, 2.24) is 0 Å². The van der Waals surface area contributed by atoms with Crippen LogP contribution in [0.2, 0.25) is 0 Å². The first-order valence-corrected chi connectivity index (χ1v) is 6.00. The van der Waals surface area contributed by atoms with Crippen LogP contribution in [0.3, 0.4) is 0 Å². The van der Waals surface area contributed by atoms with E-state index in [0.717, 1.165) is 23.8 Å². The van der Waals surface area contributed by atoms with Gasteiger partial charge in [-0.3, -0.25) is 0 Å². The van der Waals surface area contributed by atoms with Gasteiger partial charge in [0.1, 0.15) is 23.3 Å². The van der Waals surface area contributed by atoms with Gasteiger partial charge in [0.25, 0.3) is 0 Å². The van der Waals surface area contributed by atoms with E-state index in [-0.39, 0.29) is 5.82 Å². The molecule has 0 aliphatic carbocycles. The first kappa shape index (κ1) is 12.1.